The van der Waals surface area contributed by atoms with E-state index < -0.39 is 0 Å². The van der Waals surface area contributed by atoms with Crippen LogP contribution >= 0.6 is 35.7 Å². The first-order chi connectivity index (χ1) is 7.69. The Hall–Kier alpha value is 0.350. The molecule has 1 N–H and O–H groups in total. The van der Waals surface area contributed by atoms with Gasteiger partial charge in [-0.3, -0.25) is 4.99 Å². The number of rotatable bonds is 3. The number of hydrogen-bond donors (Lipinski definition) is 1. The van der Waals surface area contributed by atoms with Gasteiger partial charge >= 0.3 is 0 Å². The Morgan fingerprint density at radius 3 is 2.71 bits per heavy atom. The maximum atomic E-state index is 4.55. The van der Waals surface area contributed by atoms with Crippen molar-refractivity contribution in [1.82, 2.24) is 10.2 Å². The quantitative estimate of drug-likeness (QED) is 0.470. The first-order valence-electron chi connectivity index (χ1n) is 6.33. The van der Waals surface area contributed by atoms with E-state index in [0.717, 1.165) is 43.3 Å². The van der Waals surface area contributed by atoms with Crippen molar-refractivity contribution in [3.63, 3.8) is 0 Å². The van der Waals surface area contributed by atoms with Crippen LogP contribution in [0.15, 0.2) is 4.99 Å². The summed E-state index contributed by atoms with van der Waals surface area (Å²) >= 11 is 2.10. The van der Waals surface area contributed by atoms with E-state index in [9.17, 15) is 0 Å². The summed E-state index contributed by atoms with van der Waals surface area (Å²) in [6.07, 6.45) is 0. The van der Waals surface area contributed by atoms with Gasteiger partial charge in [-0.05, 0) is 19.8 Å². The van der Waals surface area contributed by atoms with Gasteiger partial charge in [0.15, 0.2) is 5.96 Å². The molecule has 0 radical (unpaired) electrons. The minimum atomic E-state index is 0. The van der Waals surface area contributed by atoms with Crippen molar-refractivity contribution in [3.05, 3.63) is 0 Å². The molecule has 1 heterocycles. The molecule has 1 unspecified atom stereocenters. The van der Waals surface area contributed by atoms with Crippen molar-refractivity contribution in [2.75, 3.05) is 31.9 Å². The summed E-state index contributed by atoms with van der Waals surface area (Å²) in [6.45, 7) is 12.9. The molecular formula is C12H26IN3S. The Labute approximate surface area is 127 Å². The predicted octanol–water partition coefficient (Wildman–Crippen LogP) is 2.66. The summed E-state index contributed by atoms with van der Waals surface area (Å²) < 4.78 is 0. The lowest BCUT2D eigenvalue weighted by molar-refractivity contribution is 0.381. The highest BCUT2D eigenvalue weighted by atomic mass is 127. The zero-order chi connectivity index (χ0) is 12.0. The fraction of sp³-hybridized carbons (Fsp3) is 0.917. The van der Waals surface area contributed by atoms with E-state index in [-0.39, 0.29) is 24.0 Å². The predicted molar refractivity (Wildman–Crippen MR) is 89.7 cm³/mol. The maximum absolute atomic E-state index is 4.55. The third kappa shape index (κ3) is 5.68. The Balaban J connectivity index is 0.00000256. The van der Waals surface area contributed by atoms with Gasteiger partial charge in [0.05, 0.1) is 0 Å². The molecule has 0 amide bonds. The van der Waals surface area contributed by atoms with Crippen molar-refractivity contribution < 1.29 is 0 Å². The van der Waals surface area contributed by atoms with Crippen LogP contribution in [-0.2, 0) is 0 Å². The second-order valence-corrected chi connectivity index (χ2v) is 5.77. The van der Waals surface area contributed by atoms with Gasteiger partial charge in [-0.15, -0.1) is 24.0 Å². The van der Waals surface area contributed by atoms with Crippen molar-refractivity contribution in [2.45, 2.75) is 32.9 Å². The van der Waals surface area contributed by atoms with Gasteiger partial charge in [-0.1, -0.05) is 13.8 Å². The average Bonchev–Trinajstić information content (AvgIpc) is 2.29. The van der Waals surface area contributed by atoms with Crippen LogP contribution in [0.5, 0.6) is 0 Å². The standard InChI is InChI=1S/C12H25N3S.HI/c1-5-13-12(14-6-2)15-7-8-16-11(9-15)10(3)4;/h10-11H,5-9H2,1-4H3,(H,13,14);1H. The molecule has 1 fully saturated rings. The van der Waals surface area contributed by atoms with Crippen molar-refractivity contribution in [2.24, 2.45) is 10.9 Å². The van der Waals surface area contributed by atoms with E-state index in [2.05, 4.69) is 54.7 Å². The molecule has 3 nitrogen and oxygen atoms in total. The van der Waals surface area contributed by atoms with Crippen LogP contribution in [-0.4, -0.2) is 48.0 Å². The first-order valence-corrected chi connectivity index (χ1v) is 7.38. The summed E-state index contributed by atoms with van der Waals surface area (Å²) in [4.78, 5) is 6.96. The van der Waals surface area contributed by atoms with Crippen LogP contribution in [0, 0.1) is 5.92 Å². The number of aliphatic imine (C=N–C) groups is 1. The average molecular weight is 371 g/mol. The number of halogens is 1. The molecule has 0 aliphatic carbocycles. The molecule has 1 atom stereocenters. The highest BCUT2D eigenvalue weighted by molar-refractivity contribution is 14.0. The number of hydrogen-bond acceptors (Lipinski definition) is 2. The number of thioether (sulfide) groups is 1. The second-order valence-electron chi connectivity index (χ2n) is 4.43. The van der Waals surface area contributed by atoms with Crippen LogP contribution in [0.3, 0.4) is 0 Å². The molecule has 0 bridgehead atoms. The lowest BCUT2D eigenvalue weighted by Crippen LogP contribution is -2.49. The third-order valence-corrected chi connectivity index (χ3v) is 4.32. The summed E-state index contributed by atoms with van der Waals surface area (Å²) in [5.74, 6) is 3.06. The van der Waals surface area contributed by atoms with Gasteiger partial charge in [0.25, 0.3) is 0 Å². The first kappa shape index (κ1) is 17.4. The van der Waals surface area contributed by atoms with Gasteiger partial charge in [-0.2, -0.15) is 11.8 Å². The zero-order valence-corrected chi connectivity index (χ0v) is 14.5. The molecule has 1 aliphatic rings. The van der Waals surface area contributed by atoms with Gasteiger partial charge < -0.3 is 10.2 Å². The summed E-state index contributed by atoms with van der Waals surface area (Å²) in [5.41, 5.74) is 0. The molecule has 5 heteroatoms. The Bertz CT molecular complexity index is 234. The highest BCUT2D eigenvalue weighted by Crippen LogP contribution is 2.24. The Kier molecular flexibility index (Phi) is 9.49. The maximum Gasteiger partial charge on any atom is 0.193 e. The van der Waals surface area contributed by atoms with E-state index >= 15 is 0 Å². The van der Waals surface area contributed by atoms with E-state index in [1.807, 2.05) is 0 Å². The number of nitrogens with zero attached hydrogens (tertiary/aromatic N) is 2. The van der Waals surface area contributed by atoms with Crippen LogP contribution in [0.1, 0.15) is 27.7 Å². The molecular weight excluding hydrogens is 345 g/mol. The topological polar surface area (TPSA) is 27.6 Å². The molecule has 1 rings (SSSR count). The van der Waals surface area contributed by atoms with Gasteiger partial charge in [0.1, 0.15) is 0 Å². The Morgan fingerprint density at radius 2 is 2.18 bits per heavy atom. The molecule has 0 saturated carbocycles. The molecule has 0 aromatic carbocycles. The summed E-state index contributed by atoms with van der Waals surface area (Å²) in [5, 5.41) is 4.12. The fourth-order valence-corrected chi connectivity index (χ4v) is 3.15. The van der Waals surface area contributed by atoms with Crippen molar-refractivity contribution in [1.29, 1.82) is 0 Å². The number of guanidine groups is 1. The van der Waals surface area contributed by atoms with E-state index in [0.29, 0.717) is 0 Å². The lowest BCUT2D eigenvalue weighted by atomic mass is 10.1. The smallest absolute Gasteiger partial charge is 0.193 e. The molecule has 0 aromatic rings. The molecule has 0 aromatic heterocycles. The normalized spacial score (nSPS) is 21.4. The minimum absolute atomic E-state index is 0. The van der Waals surface area contributed by atoms with Crippen molar-refractivity contribution in [3.8, 4) is 0 Å². The van der Waals surface area contributed by atoms with E-state index in [1.165, 1.54) is 5.75 Å². The number of nitrogens with one attached hydrogen (secondary N) is 1. The monoisotopic (exact) mass is 371 g/mol. The van der Waals surface area contributed by atoms with E-state index in [1.54, 1.807) is 0 Å². The van der Waals surface area contributed by atoms with Gasteiger partial charge in [0.2, 0.25) is 0 Å². The van der Waals surface area contributed by atoms with Gasteiger partial charge in [0, 0.05) is 37.2 Å². The van der Waals surface area contributed by atoms with Crippen LogP contribution in [0.4, 0.5) is 0 Å². The molecule has 0 spiro atoms. The highest BCUT2D eigenvalue weighted by Gasteiger charge is 2.24. The summed E-state index contributed by atoms with van der Waals surface area (Å²) in [6, 6.07) is 0. The molecule has 17 heavy (non-hydrogen) atoms. The minimum Gasteiger partial charge on any atom is -0.357 e. The van der Waals surface area contributed by atoms with Crippen molar-refractivity contribution >= 4 is 41.7 Å². The zero-order valence-electron chi connectivity index (χ0n) is 11.4. The third-order valence-electron chi connectivity index (χ3n) is 2.78. The second kappa shape index (κ2) is 9.30. The molecule has 102 valence electrons. The Morgan fingerprint density at radius 1 is 1.47 bits per heavy atom. The summed E-state index contributed by atoms with van der Waals surface area (Å²) in [7, 11) is 0. The fourth-order valence-electron chi connectivity index (χ4n) is 1.85. The SMILES string of the molecule is CCN=C(NCC)N1CCSC(C(C)C)C1.I. The molecule has 1 saturated heterocycles. The largest absolute Gasteiger partial charge is 0.357 e. The van der Waals surface area contributed by atoms with Crippen LogP contribution < -0.4 is 5.32 Å². The molecule has 1 aliphatic heterocycles. The lowest BCUT2D eigenvalue weighted by Gasteiger charge is -2.36. The van der Waals surface area contributed by atoms with Gasteiger partial charge in [-0.25, -0.2) is 0 Å². The van der Waals surface area contributed by atoms with Crippen LogP contribution in [0.2, 0.25) is 0 Å². The van der Waals surface area contributed by atoms with Crippen LogP contribution in [0.25, 0.3) is 0 Å². The van der Waals surface area contributed by atoms with E-state index in [4.69, 9.17) is 0 Å².